The standard InChI is InChI=1S/C24H27N3O4/c1-14-8-16(18-7-6-15(12-25)13-26-18)9-21(31-5)22(14)23-19(28)10-17(11-20(23)29)24(2,30)27(3)4/h6-9,13,17,23,30H,10-11H2,1-5H3. The van der Waals surface area contributed by atoms with Crippen LogP contribution in [0.15, 0.2) is 30.5 Å². The molecular weight excluding hydrogens is 394 g/mol. The monoisotopic (exact) mass is 421 g/mol. The Morgan fingerprint density at radius 2 is 1.87 bits per heavy atom. The van der Waals surface area contributed by atoms with E-state index in [1.165, 1.54) is 13.3 Å². The second-order valence-corrected chi connectivity index (χ2v) is 8.41. The molecule has 1 aliphatic carbocycles. The Hall–Kier alpha value is -3.08. The van der Waals surface area contributed by atoms with Crippen molar-refractivity contribution in [2.45, 2.75) is 38.3 Å². The highest BCUT2D eigenvalue weighted by Gasteiger charge is 2.45. The Morgan fingerprint density at radius 1 is 1.23 bits per heavy atom. The van der Waals surface area contributed by atoms with E-state index in [0.717, 1.165) is 11.1 Å². The Bertz CT molecular complexity index is 1030. The largest absolute Gasteiger partial charge is 0.496 e. The molecule has 1 fully saturated rings. The highest BCUT2D eigenvalue weighted by atomic mass is 16.5. The van der Waals surface area contributed by atoms with E-state index in [1.54, 1.807) is 44.1 Å². The molecule has 0 radical (unpaired) electrons. The molecule has 0 aliphatic heterocycles. The maximum absolute atomic E-state index is 13.1. The number of nitrogens with zero attached hydrogens (tertiary/aromatic N) is 3. The fourth-order valence-corrected chi connectivity index (χ4v) is 4.13. The van der Waals surface area contributed by atoms with Crippen molar-refractivity contribution < 1.29 is 19.4 Å². The normalized spacial score (nSPS) is 21.0. The van der Waals surface area contributed by atoms with Crippen molar-refractivity contribution in [2.75, 3.05) is 21.2 Å². The number of carbonyl (C=O) groups excluding carboxylic acids is 2. The first-order valence-corrected chi connectivity index (χ1v) is 10.1. The van der Waals surface area contributed by atoms with E-state index >= 15 is 0 Å². The maximum Gasteiger partial charge on any atom is 0.148 e. The summed E-state index contributed by atoms with van der Waals surface area (Å²) in [7, 11) is 4.96. The van der Waals surface area contributed by atoms with Gasteiger partial charge in [0.2, 0.25) is 0 Å². The number of aliphatic hydroxyl groups is 1. The highest BCUT2D eigenvalue weighted by molar-refractivity contribution is 6.10. The molecule has 31 heavy (non-hydrogen) atoms. The van der Waals surface area contributed by atoms with Gasteiger partial charge < -0.3 is 9.84 Å². The van der Waals surface area contributed by atoms with Crippen LogP contribution in [-0.4, -0.2) is 53.5 Å². The van der Waals surface area contributed by atoms with Gasteiger partial charge in [0.25, 0.3) is 0 Å². The number of aromatic nitrogens is 1. The van der Waals surface area contributed by atoms with Gasteiger partial charge in [-0.25, -0.2) is 0 Å². The molecule has 7 heteroatoms. The van der Waals surface area contributed by atoms with Crippen LogP contribution in [0, 0.1) is 24.2 Å². The minimum absolute atomic E-state index is 0.114. The number of Topliss-reactive ketones (excluding diaryl/α,β-unsaturated/α-hetero) is 2. The van der Waals surface area contributed by atoms with E-state index < -0.39 is 17.6 Å². The van der Waals surface area contributed by atoms with E-state index in [1.807, 2.05) is 19.1 Å². The van der Waals surface area contributed by atoms with Crippen LogP contribution in [-0.2, 0) is 9.59 Å². The number of methoxy groups -OCH3 is 1. The number of ketones is 2. The SMILES string of the molecule is COc1cc(-c2ccc(C#N)cn2)cc(C)c1C1C(=O)CC(C(C)(O)N(C)C)CC1=O. The topological polar surface area (TPSA) is 104 Å². The van der Waals surface area contributed by atoms with Crippen LogP contribution in [0.2, 0.25) is 0 Å². The number of aryl methyl sites for hydroxylation is 1. The summed E-state index contributed by atoms with van der Waals surface area (Å²) in [6.45, 7) is 3.47. The van der Waals surface area contributed by atoms with Gasteiger partial charge in [-0.1, -0.05) is 0 Å². The Morgan fingerprint density at radius 3 is 2.35 bits per heavy atom. The lowest BCUT2D eigenvalue weighted by Crippen LogP contribution is -2.51. The first-order valence-electron chi connectivity index (χ1n) is 10.1. The molecule has 0 amide bonds. The lowest BCUT2D eigenvalue weighted by atomic mass is 9.72. The van der Waals surface area contributed by atoms with Crippen molar-refractivity contribution in [1.82, 2.24) is 9.88 Å². The van der Waals surface area contributed by atoms with Crippen molar-refractivity contribution in [3.63, 3.8) is 0 Å². The van der Waals surface area contributed by atoms with Crippen LogP contribution >= 0.6 is 0 Å². The van der Waals surface area contributed by atoms with Crippen molar-refractivity contribution >= 4 is 11.6 Å². The Labute approximate surface area is 182 Å². The van der Waals surface area contributed by atoms with E-state index in [2.05, 4.69) is 4.98 Å². The minimum Gasteiger partial charge on any atom is -0.496 e. The lowest BCUT2D eigenvalue weighted by molar-refractivity contribution is -0.151. The number of hydrogen-bond donors (Lipinski definition) is 1. The number of benzene rings is 1. The molecule has 1 aromatic carbocycles. The third kappa shape index (κ3) is 4.22. The zero-order valence-electron chi connectivity index (χ0n) is 18.5. The Balaban J connectivity index is 1.98. The summed E-state index contributed by atoms with van der Waals surface area (Å²) in [6, 6.07) is 9.10. The quantitative estimate of drug-likeness (QED) is 0.585. The molecule has 1 N–H and O–H groups in total. The number of carbonyl (C=O) groups is 2. The molecular formula is C24H27N3O4. The highest BCUT2D eigenvalue weighted by Crippen LogP contribution is 2.42. The van der Waals surface area contributed by atoms with Gasteiger partial charge in [0.15, 0.2) is 0 Å². The van der Waals surface area contributed by atoms with Gasteiger partial charge in [0.1, 0.15) is 35.0 Å². The number of nitriles is 1. The van der Waals surface area contributed by atoms with Crippen LogP contribution in [0.1, 0.15) is 42.4 Å². The van der Waals surface area contributed by atoms with E-state index in [-0.39, 0.29) is 24.4 Å². The summed E-state index contributed by atoms with van der Waals surface area (Å²) in [4.78, 5) is 32.1. The smallest absolute Gasteiger partial charge is 0.148 e. The second kappa shape index (κ2) is 8.58. The molecule has 0 saturated heterocycles. The summed E-state index contributed by atoms with van der Waals surface area (Å²) < 4.78 is 5.57. The average Bonchev–Trinajstić information content (AvgIpc) is 2.73. The summed E-state index contributed by atoms with van der Waals surface area (Å²) in [6.07, 6.45) is 1.72. The molecule has 1 aromatic heterocycles. The lowest BCUT2D eigenvalue weighted by Gasteiger charge is -2.41. The van der Waals surface area contributed by atoms with Crippen LogP contribution in [0.3, 0.4) is 0 Å². The molecule has 0 spiro atoms. The number of hydrogen-bond acceptors (Lipinski definition) is 7. The molecule has 1 saturated carbocycles. The third-order valence-electron chi connectivity index (χ3n) is 6.26. The van der Waals surface area contributed by atoms with E-state index in [9.17, 15) is 14.7 Å². The summed E-state index contributed by atoms with van der Waals surface area (Å²) in [5.41, 5.74) is 1.97. The molecule has 1 unspecified atom stereocenters. The van der Waals surface area contributed by atoms with Crippen molar-refractivity contribution in [2.24, 2.45) is 5.92 Å². The number of rotatable bonds is 5. The second-order valence-electron chi connectivity index (χ2n) is 8.41. The van der Waals surface area contributed by atoms with Crippen molar-refractivity contribution in [3.8, 4) is 23.1 Å². The summed E-state index contributed by atoms with van der Waals surface area (Å²) in [5, 5.41) is 19.7. The van der Waals surface area contributed by atoms with Gasteiger partial charge in [0, 0.05) is 36.1 Å². The molecule has 1 atom stereocenters. The predicted octanol–water partition coefficient (Wildman–Crippen LogP) is 2.84. The maximum atomic E-state index is 13.1. The summed E-state index contributed by atoms with van der Waals surface area (Å²) >= 11 is 0. The van der Waals surface area contributed by atoms with Crippen molar-refractivity contribution in [1.29, 1.82) is 5.26 Å². The average molecular weight is 421 g/mol. The van der Waals surface area contributed by atoms with Crippen LogP contribution in [0.4, 0.5) is 0 Å². The van der Waals surface area contributed by atoms with Gasteiger partial charge in [-0.05, 0) is 57.8 Å². The first kappa shape index (κ1) is 22.6. The van der Waals surface area contributed by atoms with E-state index in [4.69, 9.17) is 10.00 Å². The molecule has 2 aromatic rings. The third-order valence-corrected chi connectivity index (χ3v) is 6.26. The Kier molecular flexibility index (Phi) is 6.25. The van der Waals surface area contributed by atoms with Gasteiger partial charge in [-0.2, -0.15) is 5.26 Å². The zero-order chi connectivity index (χ0) is 22.9. The van der Waals surface area contributed by atoms with Gasteiger partial charge in [-0.3, -0.25) is 19.5 Å². The fourth-order valence-electron chi connectivity index (χ4n) is 4.13. The molecule has 162 valence electrons. The molecule has 1 heterocycles. The van der Waals surface area contributed by atoms with Crippen molar-refractivity contribution in [3.05, 3.63) is 47.2 Å². The van der Waals surface area contributed by atoms with Crippen LogP contribution in [0.5, 0.6) is 5.75 Å². The van der Waals surface area contributed by atoms with Gasteiger partial charge >= 0.3 is 0 Å². The molecule has 1 aliphatic rings. The fraction of sp³-hybridized carbons (Fsp3) is 0.417. The minimum atomic E-state index is -1.25. The molecule has 0 bridgehead atoms. The summed E-state index contributed by atoms with van der Waals surface area (Å²) in [5.74, 6) is -1.35. The number of pyridine rings is 1. The van der Waals surface area contributed by atoms with Gasteiger partial charge in [0.05, 0.1) is 18.4 Å². The van der Waals surface area contributed by atoms with E-state index in [0.29, 0.717) is 22.6 Å². The first-order chi connectivity index (χ1) is 14.6. The van der Waals surface area contributed by atoms with Gasteiger partial charge in [-0.15, -0.1) is 0 Å². The zero-order valence-corrected chi connectivity index (χ0v) is 18.5. The number of ether oxygens (including phenoxy) is 1. The van der Waals surface area contributed by atoms with Crippen LogP contribution < -0.4 is 4.74 Å². The molecule has 3 rings (SSSR count). The predicted molar refractivity (Wildman–Crippen MR) is 115 cm³/mol. The molecule has 7 nitrogen and oxygen atoms in total. The van der Waals surface area contributed by atoms with Crippen LogP contribution in [0.25, 0.3) is 11.3 Å².